The van der Waals surface area contributed by atoms with Crippen molar-refractivity contribution >= 4 is 22.7 Å². The number of nitrogens with one attached hydrogen (secondary N) is 1. The molecule has 1 aromatic heterocycles. The Morgan fingerprint density at radius 3 is 2.58 bits per heavy atom. The molecule has 0 radical (unpaired) electrons. The molecule has 2 amide bonds. The van der Waals surface area contributed by atoms with Crippen molar-refractivity contribution in [2.75, 3.05) is 0 Å². The van der Waals surface area contributed by atoms with Crippen molar-refractivity contribution in [3.05, 3.63) is 71.4 Å². The summed E-state index contributed by atoms with van der Waals surface area (Å²) in [4.78, 5) is 29.2. The van der Waals surface area contributed by atoms with E-state index in [1.54, 1.807) is 4.90 Å². The maximum Gasteiger partial charge on any atom is 0.271 e. The summed E-state index contributed by atoms with van der Waals surface area (Å²) in [6, 6.07) is 18.3. The summed E-state index contributed by atoms with van der Waals surface area (Å²) >= 11 is 0. The quantitative estimate of drug-likeness (QED) is 0.686. The Kier molecular flexibility index (Phi) is 4.84. The highest BCUT2D eigenvalue weighted by Gasteiger charge is 2.48. The number of amides is 2. The largest absolute Gasteiger partial charge is 0.351 e. The van der Waals surface area contributed by atoms with Crippen molar-refractivity contribution in [3.63, 3.8) is 0 Å². The molecule has 0 saturated heterocycles. The zero-order valence-corrected chi connectivity index (χ0v) is 18.2. The first kappa shape index (κ1) is 19.9. The van der Waals surface area contributed by atoms with E-state index in [9.17, 15) is 9.59 Å². The number of hydrogen-bond donors (Lipinski definition) is 1. The number of carbonyl (C=O) groups is 2. The molecule has 0 spiro atoms. The monoisotopic (exact) mass is 415 g/mol. The van der Waals surface area contributed by atoms with Crippen molar-refractivity contribution in [2.45, 2.75) is 64.2 Å². The summed E-state index contributed by atoms with van der Waals surface area (Å²) in [6.45, 7) is 4.84. The molecular weight excluding hydrogens is 386 g/mol. The molecule has 2 heterocycles. The number of benzene rings is 2. The molecule has 1 N–H and O–H groups in total. The molecule has 2 aromatic carbocycles. The van der Waals surface area contributed by atoms with Crippen molar-refractivity contribution in [1.29, 1.82) is 0 Å². The van der Waals surface area contributed by atoms with Crippen molar-refractivity contribution in [2.24, 2.45) is 0 Å². The molecule has 1 fully saturated rings. The van der Waals surface area contributed by atoms with Gasteiger partial charge in [-0.25, -0.2) is 0 Å². The van der Waals surface area contributed by atoms with Gasteiger partial charge in [-0.05, 0) is 49.9 Å². The predicted octanol–water partition coefficient (Wildman–Crippen LogP) is 4.42. The van der Waals surface area contributed by atoms with Crippen LogP contribution in [0.4, 0.5) is 0 Å². The summed E-state index contributed by atoms with van der Waals surface area (Å²) in [7, 11) is 0. The number of nitrogens with zero attached hydrogens (tertiary/aromatic N) is 2. The number of hydrogen-bond acceptors (Lipinski definition) is 2. The van der Waals surface area contributed by atoms with Gasteiger partial charge in [0.2, 0.25) is 5.91 Å². The van der Waals surface area contributed by atoms with Gasteiger partial charge in [-0.1, -0.05) is 55.3 Å². The molecule has 5 heteroatoms. The van der Waals surface area contributed by atoms with E-state index < -0.39 is 5.54 Å². The molecule has 31 heavy (non-hydrogen) atoms. The van der Waals surface area contributed by atoms with Crippen LogP contribution in [0.5, 0.6) is 0 Å². The SMILES string of the molecule is Cc1ccccc1CN1C(=O)c2cc3ccccc3n2CC1(C)C(=O)NC1CCCC1. The van der Waals surface area contributed by atoms with Gasteiger partial charge in [0.1, 0.15) is 11.2 Å². The van der Waals surface area contributed by atoms with E-state index in [2.05, 4.69) is 18.3 Å². The van der Waals surface area contributed by atoms with E-state index >= 15 is 0 Å². The minimum atomic E-state index is -0.962. The normalized spacial score (nSPS) is 21.5. The third-order valence-corrected chi connectivity index (χ3v) is 7.11. The van der Waals surface area contributed by atoms with Crippen LogP contribution in [0.3, 0.4) is 0 Å². The summed E-state index contributed by atoms with van der Waals surface area (Å²) in [5, 5.41) is 4.29. The van der Waals surface area contributed by atoms with Crippen LogP contribution in [0.15, 0.2) is 54.6 Å². The molecule has 1 atom stereocenters. The molecule has 160 valence electrons. The van der Waals surface area contributed by atoms with E-state index in [0.29, 0.717) is 18.8 Å². The van der Waals surface area contributed by atoms with E-state index in [4.69, 9.17) is 0 Å². The Morgan fingerprint density at radius 2 is 1.81 bits per heavy atom. The Morgan fingerprint density at radius 1 is 1.10 bits per heavy atom. The average molecular weight is 416 g/mol. The fourth-order valence-corrected chi connectivity index (χ4v) is 5.12. The number of para-hydroxylation sites is 1. The van der Waals surface area contributed by atoms with Crippen molar-refractivity contribution in [3.8, 4) is 0 Å². The van der Waals surface area contributed by atoms with Crippen LogP contribution >= 0.6 is 0 Å². The third-order valence-electron chi connectivity index (χ3n) is 7.11. The van der Waals surface area contributed by atoms with Crippen LogP contribution in [0.25, 0.3) is 10.9 Å². The standard InChI is InChI=1S/C26H29N3O2/c1-18-9-3-4-11-20(18)16-29-24(30)23-15-19-10-5-8-14-22(19)28(23)17-26(29,2)25(31)27-21-12-6-7-13-21/h3-5,8-11,14-15,21H,6-7,12-13,16-17H2,1-2H3,(H,27,31). The summed E-state index contributed by atoms with van der Waals surface area (Å²) < 4.78 is 2.03. The highest BCUT2D eigenvalue weighted by Crippen LogP contribution is 2.34. The maximum atomic E-state index is 13.8. The van der Waals surface area contributed by atoms with Gasteiger partial charge < -0.3 is 14.8 Å². The second-order valence-electron chi connectivity index (χ2n) is 9.22. The van der Waals surface area contributed by atoms with E-state index in [1.807, 2.05) is 60.0 Å². The Balaban J connectivity index is 1.58. The van der Waals surface area contributed by atoms with Gasteiger partial charge in [0, 0.05) is 23.5 Å². The lowest BCUT2D eigenvalue weighted by Crippen LogP contribution is -2.64. The molecule has 1 saturated carbocycles. The summed E-state index contributed by atoms with van der Waals surface area (Å²) in [5.74, 6) is -0.139. The molecule has 0 bridgehead atoms. The Labute approximate surface area is 183 Å². The predicted molar refractivity (Wildman–Crippen MR) is 122 cm³/mol. The number of aryl methyl sites for hydroxylation is 1. The second-order valence-corrected chi connectivity index (χ2v) is 9.22. The molecular formula is C26H29N3O2. The molecule has 3 aromatic rings. The van der Waals surface area contributed by atoms with E-state index in [1.165, 1.54) is 0 Å². The fraction of sp³-hybridized carbons (Fsp3) is 0.385. The van der Waals surface area contributed by atoms with Crippen molar-refractivity contribution < 1.29 is 9.59 Å². The number of rotatable bonds is 4. The lowest BCUT2D eigenvalue weighted by Gasteiger charge is -2.44. The van der Waals surface area contributed by atoms with Crippen LogP contribution in [0.2, 0.25) is 0 Å². The van der Waals surface area contributed by atoms with Crippen LogP contribution in [-0.2, 0) is 17.9 Å². The number of carbonyl (C=O) groups excluding carboxylic acids is 2. The zero-order valence-electron chi connectivity index (χ0n) is 18.2. The first-order chi connectivity index (χ1) is 15.0. The fourth-order valence-electron chi connectivity index (χ4n) is 5.12. The molecule has 1 aliphatic heterocycles. The molecule has 1 aliphatic carbocycles. The molecule has 2 aliphatic rings. The minimum Gasteiger partial charge on any atom is -0.351 e. The number of fused-ring (bicyclic) bond motifs is 3. The van der Waals surface area contributed by atoms with Crippen LogP contribution in [0, 0.1) is 6.92 Å². The van der Waals surface area contributed by atoms with Gasteiger partial charge in [-0.15, -0.1) is 0 Å². The Bertz CT molecular complexity index is 1160. The topological polar surface area (TPSA) is 54.3 Å². The number of aromatic nitrogens is 1. The highest BCUT2D eigenvalue weighted by molar-refractivity contribution is 6.03. The first-order valence-corrected chi connectivity index (χ1v) is 11.2. The Hall–Kier alpha value is -3.08. The van der Waals surface area contributed by atoms with Gasteiger partial charge in [0.15, 0.2) is 0 Å². The van der Waals surface area contributed by atoms with Crippen molar-refractivity contribution in [1.82, 2.24) is 14.8 Å². The van der Waals surface area contributed by atoms with E-state index in [-0.39, 0.29) is 17.9 Å². The lowest BCUT2D eigenvalue weighted by molar-refractivity contribution is -0.133. The molecule has 1 unspecified atom stereocenters. The first-order valence-electron chi connectivity index (χ1n) is 11.2. The minimum absolute atomic E-state index is 0.0511. The summed E-state index contributed by atoms with van der Waals surface area (Å²) in [5.41, 5.74) is 2.89. The average Bonchev–Trinajstić information content (AvgIpc) is 3.40. The maximum absolute atomic E-state index is 13.8. The van der Waals surface area contributed by atoms with Crippen LogP contribution < -0.4 is 5.32 Å². The highest BCUT2D eigenvalue weighted by atomic mass is 16.2. The summed E-state index contributed by atoms with van der Waals surface area (Å²) in [6.07, 6.45) is 4.34. The van der Waals surface area contributed by atoms with Gasteiger partial charge >= 0.3 is 0 Å². The third kappa shape index (κ3) is 3.32. The van der Waals surface area contributed by atoms with Gasteiger partial charge in [0.25, 0.3) is 5.91 Å². The smallest absolute Gasteiger partial charge is 0.271 e. The van der Waals surface area contributed by atoms with Gasteiger partial charge in [-0.2, -0.15) is 0 Å². The lowest BCUT2D eigenvalue weighted by atomic mass is 9.93. The van der Waals surface area contributed by atoms with E-state index in [0.717, 1.165) is 47.7 Å². The second kappa shape index (κ2) is 7.56. The molecule has 5 nitrogen and oxygen atoms in total. The van der Waals surface area contributed by atoms with Gasteiger partial charge in [-0.3, -0.25) is 9.59 Å². The molecule has 5 rings (SSSR count). The van der Waals surface area contributed by atoms with Gasteiger partial charge in [0.05, 0.1) is 6.54 Å². The zero-order chi connectivity index (χ0) is 21.6. The van der Waals surface area contributed by atoms with Crippen LogP contribution in [-0.4, -0.2) is 32.9 Å². The van der Waals surface area contributed by atoms with Crippen LogP contribution in [0.1, 0.15) is 54.2 Å².